The Labute approximate surface area is 101 Å². The van der Waals surface area contributed by atoms with Gasteiger partial charge in [-0.25, -0.2) is 18.4 Å². The van der Waals surface area contributed by atoms with Crippen molar-refractivity contribution in [3.63, 3.8) is 0 Å². The summed E-state index contributed by atoms with van der Waals surface area (Å²) < 4.78 is 22.7. The molecule has 1 aliphatic heterocycles. The zero-order valence-corrected chi connectivity index (χ0v) is 10.7. The summed E-state index contributed by atoms with van der Waals surface area (Å²) in [6.07, 6.45) is 0.616. The van der Waals surface area contributed by atoms with Crippen molar-refractivity contribution in [3.05, 3.63) is 11.4 Å². The lowest BCUT2D eigenvalue weighted by molar-refractivity contribution is 0.602. The number of aromatic nitrogens is 2. The SMILES string of the molecule is Cc1nc(N)c(C)c(NC2CCS(=O)(=O)C2)n1. The molecule has 0 bridgehead atoms. The highest BCUT2D eigenvalue weighted by atomic mass is 32.2. The molecule has 1 fully saturated rings. The van der Waals surface area contributed by atoms with Crippen LogP contribution in [0.2, 0.25) is 0 Å². The largest absolute Gasteiger partial charge is 0.383 e. The van der Waals surface area contributed by atoms with Crippen LogP contribution >= 0.6 is 0 Å². The van der Waals surface area contributed by atoms with Crippen molar-refractivity contribution in [3.8, 4) is 0 Å². The van der Waals surface area contributed by atoms with Crippen molar-refractivity contribution in [2.75, 3.05) is 22.6 Å². The van der Waals surface area contributed by atoms with Gasteiger partial charge < -0.3 is 11.1 Å². The molecule has 2 heterocycles. The third kappa shape index (κ3) is 2.66. The number of aryl methyl sites for hydroxylation is 1. The zero-order chi connectivity index (χ0) is 12.6. The molecule has 0 amide bonds. The van der Waals surface area contributed by atoms with Crippen LogP contribution < -0.4 is 11.1 Å². The minimum Gasteiger partial charge on any atom is -0.383 e. The third-order valence-electron chi connectivity index (χ3n) is 2.87. The molecule has 94 valence electrons. The monoisotopic (exact) mass is 256 g/mol. The molecule has 1 aromatic heterocycles. The van der Waals surface area contributed by atoms with E-state index in [0.29, 0.717) is 23.9 Å². The predicted molar refractivity (Wildman–Crippen MR) is 66.6 cm³/mol. The average molecular weight is 256 g/mol. The lowest BCUT2D eigenvalue weighted by Gasteiger charge is -2.14. The molecule has 1 aliphatic rings. The lowest BCUT2D eigenvalue weighted by Crippen LogP contribution is -2.22. The molecule has 2 rings (SSSR count). The van der Waals surface area contributed by atoms with Gasteiger partial charge in [-0.05, 0) is 20.3 Å². The van der Waals surface area contributed by atoms with E-state index in [1.165, 1.54) is 0 Å². The van der Waals surface area contributed by atoms with Crippen LogP contribution in [0, 0.1) is 13.8 Å². The molecule has 17 heavy (non-hydrogen) atoms. The second-order valence-electron chi connectivity index (χ2n) is 4.37. The van der Waals surface area contributed by atoms with Gasteiger partial charge in [0.1, 0.15) is 17.5 Å². The summed E-state index contributed by atoms with van der Waals surface area (Å²) in [5.74, 6) is 2.05. The van der Waals surface area contributed by atoms with Gasteiger partial charge in [-0.15, -0.1) is 0 Å². The first-order valence-corrected chi connectivity index (χ1v) is 7.27. The second kappa shape index (κ2) is 4.14. The summed E-state index contributed by atoms with van der Waals surface area (Å²) in [5.41, 5.74) is 6.50. The summed E-state index contributed by atoms with van der Waals surface area (Å²) >= 11 is 0. The highest BCUT2D eigenvalue weighted by molar-refractivity contribution is 7.91. The van der Waals surface area contributed by atoms with Gasteiger partial charge >= 0.3 is 0 Å². The van der Waals surface area contributed by atoms with E-state index in [1.54, 1.807) is 6.92 Å². The fraction of sp³-hybridized carbons (Fsp3) is 0.600. The number of nitrogens with two attached hydrogens (primary N) is 1. The van der Waals surface area contributed by atoms with Gasteiger partial charge in [0.05, 0.1) is 11.5 Å². The number of nitrogens with one attached hydrogen (secondary N) is 1. The molecular formula is C10H16N4O2S. The Morgan fingerprint density at radius 1 is 1.35 bits per heavy atom. The molecule has 0 aromatic carbocycles. The summed E-state index contributed by atoms with van der Waals surface area (Å²) in [5, 5.41) is 3.14. The number of sulfone groups is 1. The number of hydrogen-bond acceptors (Lipinski definition) is 6. The number of nitrogens with zero attached hydrogens (tertiary/aromatic N) is 2. The molecule has 1 atom stereocenters. The van der Waals surface area contributed by atoms with Gasteiger partial charge in [0.15, 0.2) is 9.84 Å². The molecule has 1 unspecified atom stereocenters. The molecule has 1 saturated heterocycles. The van der Waals surface area contributed by atoms with E-state index in [2.05, 4.69) is 15.3 Å². The minimum atomic E-state index is -2.89. The number of anilines is 2. The summed E-state index contributed by atoms with van der Waals surface area (Å²) in [4.78, 5) is 8.29. The van der Waals surface area contributed by atoms with E-state index in [1.807, 2.05) is 6.92 Å². The molecule has 1 aromatic rings. The Kier molecular flexibility index (Phi) is 2.94. The van der Waals surface area contributed by atoms with Crippen LogP contribution in [-0.2, 0) is 9.84 Å². The van der Waals surface area contributed by atoms with Gasteiger partial charge in [-0.3, -0.25) is 0 Å². The topological polar surface area (TPSA) is 98.0 Å². The molecular weight excluding hydrogens is 240 g/mol. The highest BCUT2D eigenvalue weighted by Crippen LogP contribution is 2.21. The van der Waals surface area contributed by atoms with Crippen molar-refractivity contribution in [1.82, 2.24) is 9.97 Å². The maximum Gasteiger partial charge on any atom is 0.152 e. The standard InChI is InChI=1S/C10H16N4O2S/c1-6-9(11)12-7(2)13-10(6)14-8-3-4-17(15,16)5-8/h8H,3-5H2,1-2H3,(H3,11,12,13,14). The van der Waals surface area contributed by atoms with Crippen LogP contribution in [0.25, 0.3) is 0 Å². The Morgan fingerprint density at radius 3 is 2.65 bits per heavy atom. The van der Waals surface area contributed by atoms with Crippen LogP contribution in [0.5, 0.6) is 0 Å². The number of rotatable bonds is 2. The Hall–Kier alpha value is -1.37. The van der Waals surface area contributed by atoms with Crippen LogP contribution in [0.1, 0.15) is 17.8 Å². The maximum atomic E-state index is 11.4. The fourth-order valence-corrected chi connectivity index (χ4v) is 3.57. The van der Waals surface area contributed by atoms with E-state index in [-0.39, 0.29) is 17.5 Å². The fourth-order valence-electron chi connectivity index (χ4n) is 1.89. The van der Waals surface area contributed by atoms with E-state index in [4.69, 9.17) is 5.73 Å². The van der Waals surface area contributed by atoms with Gasteiger partial charge in [0.2, 0.25) is 0 Å². The third-order valence-corrected chi connectivity index (χ3v) is 4.64. The van der Waals surface area contributed by atoms with Crippen LogP contribution in [0.3, 0.4) is 0 Å². The van der Waals surface area contributed by atoms with Crippen molar-refractivity contribution in [1.29, 1.82) is 0 Å². The highest BCUT2D eigenvalue weighted by Gasteiger charge is 2.28. The molecule has 6 nitrogen and oxygen atoms in total. The van der Waals surface area contributed by atoms with Crippen molar-refractivity contribution in [2.24, 2.45) is 0 Å². The molecule has 0 aliphatic carbocycles. The number of hydrogen-bond donors (Lipinski definition) is 2. The molecule has 0 radical (unpaired) electrons. The smallest absolute Gasteiger partial charge is 0.152 e. The van der Waals surface area contributed by atoms with Gasteiger partial charge in [-0.2, -0.15) is 0 Å². The minimum absolute atomic E-state index is 0.0765. The second-order valence-corrected chi connectivity index (χ2v) is 6.60. The molecule has 0 saturated carbocycles. The summed E-state index contributed by atoms with van der Waals surface area (Å²) in [7, 11) is -2.89. The quantitative estimate of drug-likeness (QED) is 0.788. The first kappa shape index (κ1) is 12.1. The summed E-state index contributed by atoms with van der Waals surface area (Å²) in [6.45, 7) is 3.58. The average Bonchev–Trinajstić information content (AvgIpc) is 2.54. The molecule has 7 heteroatoms. The zero-order valence-electron chi connectivity index (χ0n) is 9.90. The first-order chi connectivity index (χ1) is 7.87. The van der Waals surface area contributed by atoms with Crippen molar-refractivity contribution in [2.45, 2.75) is 26.3 Å². The Bertz CT molecular complexity index is 541. The van der Waals surface area contributed by atoms with Crippen LogP contribution in [0.4, 0.5) is 11.6 Å². The Morgan fingerprint density at radius 2 is 2.06 bits per heavy atom. The van der Waals surface area contributed by atoms with Gasteiger partial charge in [0.25, 0.3) is 0 Å². The van der Waals surface area contributed by atoms with E-state index in [0.717, 1.165) is 5.56 Å². The molecule has 3 N–H and O–H groups in total. The van der Waals surface area contributed by atoms with Gasteiger partial charge in [-0.1, -0.05) is 0 Å². The lowest BCUT2D eigenvalue weighted by atomic mass is 10.2. The van der Waals surface area contributed by atoms with E-state index in [9.17, 15) is 8.42 Å². The van der Waals surface area contributed by atoms with Crippen molar-refractivity contribution >= 4 is 21.5 Å². The molecule has 0 spiro atoms. The number of nitrogen functional groups attached to an aromatic ring is 1. The van der Waals surface area contributed by atoms with E-state index >= 15 is 0 Å². The Balaban J connectivity index is 2.20. The maximum absolute atomic E-state index is 11.4. The van der Waals surface area contributed by atoms with Crippen LogP contribution in [-0.4, -0.2) is 35.9 Å². The summed E-state index contributed by atoms with van der Waals surface area (Å²) in [6, 6.07) is -0.0765. The first-order valence-electron chi connectivity index (χ1n) is 5.45. The van der Waals surface area contributed by atoms with E-state index < -0.39 is 9.84 Å². The predicted octanol–water partition coefficient (Wildman–Crippen LogP) is 0.275. The normalized spacial score (nSPS) is 22.6. The van der Waals surface area contributed by atoms with Crippen molar-refractivity contribution < 1.29 is 8.42 Å². The van der Waals surface area contributed by atoms with Gasteiger partial charge in [0, 0.05) is 11.6 Å². The van der Waals surface area contributed by atoms with Crippen LogP contribution in [0.15, 0.2) is 0 Å².